The van der Waals surface area contributed by atoms with Crippen LogP contribution in [0.4, 0.5) is 16.3 Å². The third kappa shape index (κ3) is 4.05. The van der Waals surface area contributed by atoms with Gasteiger partial charge in [0.05, 0.1) is 6.20 Å². The zero-order valence-corrected chi connectivity index (χ0v) is 17.6. The van der Waals surface area contributed by atoms with Gasteiger partial charge in [0.2, 0.25) is 0 Å². The van der Waals surface area contributed by atoms with E-state index in [2.05, 4.69) is 10.4 Å². The van der Waals surface area contributed by atoms with Gasteiger partial charge in [0, 0.05) is 44.7 Å². The number of carbonyl (C=O) groups excluding carboxylic acids is 2. The number of nitrogens with zero attached hydrogens (tertiary/aromatic N) is 3. The first kappa shape index (κ1) is 20.1. The third-order valence-corrected chi connectivity index (χ3v) is 5.04. The van der Waals surface area contributed by atoms with Crippen LogP contribution in [0, 0.1) is 0 Å². The minimum atomic E-state index is -1.06. The van der Waals surface area contributed by atoms with Crippen molar-refractivity contribution in [2.45, 2.75) is 45.0 Å². The highest BCUT2D eigenvalue weighted by Crippen LogP contribution is 2.39. The highest BCUT2D eigenvalue weighted by Gasteiger charge is 2.46. The highest BCUT2D eigenvalue weighted by molar-refractivity contribution is 5.95. The molecule has 2 aromatic rings. The number of anilines is 2. The van der Waals surface area contributed by atoms with Crippen LogP contribution in [0.2, 0.25) is 0 Å². The summed E-state index contributed by atoms with van der Waals surface area (Å²) in [6, 6.07) is 7.14. The molecule has 160 valence electrons. The van der Waals surface area contributed by atoms with E-state index in [1.54, 1.807) is 27.9 Å². The number of amides is 1. The van der Waals surface area contributed by atoms with Crippen LogP contribution in [-0.2, 0) is 16.5 Å². The molecule has 0 radical (unpaired) electrons. The van der Waals surface area contributed by atoms with E-state index in [0.717, 1.165) is 11.5 Å². The van der Waals surface area contributed by atoms with Gasteiger partial charge in [0.1, 0.15) is 22.7 Å². The second kappa shape index (κ2) is 7.23. The minimum absolute atomic E-state index is 0.363. The largest absolute Gasteiger partial charge is 0.451 e. The molecule has 4 rings (SSSR count). The predicted octanol–water partition coefficient (Wildman–Crippen LogP) is 3.44. The number of ether oxygens (including phenoxy) is 3. The fourth-order valence-electron chi connectivity index (χ4n) is 3.51. The van der Waals surface area contributed by atoms with Gasteiger partial charge in [0.25, 0.3) is 5.79 Å². The lowest BCUT2D eigenvalue weighted by molar-refractivity contribution is -0.178. The van der Waals surface area contributed by atoms with Crippen LogP contribution in [0.15, 0.2) is 30.5 Å². The van der Waals surface area contributed by atoms with Crippen molar-refractivity contribution in [2.24, 2.45) is 7.05 Å². The smallest absolute Gasteiger partial charge is 0.410 e. The van der Waals surface area contributed by atoms with Gasteiger partial charge in [-0.05, 0) is 39.0 Å². The molecule has 1 amide bonds. The molecular formula is C21H26N4O5. The van der Waals surface area contributed by atoms with E-state index < -0.39 is 17.4 Å². The van der Waals surface area contributed by atoms with Crippen LogP contribution in [0.3, 0.4) is 0 Å². The molecule has 30 heavy (non-hydrogen) atoms. The van der Waals surface area contributed by atoms with Gasteiger partial charge in [-0.1, -0.05) is 0 Å². The van der Waals surface area contributed by atoms with E-state index in [9.17, 15) is 9.59 Å². The van der Waals surface area contributed by atoms with Crippen molar-refractivity contribution in [1.82, 2.24) is 14.7 Å². The van der Waals surface area contributed by atoms with Crippen LogP contribution in [0.5, 0.6) is 5.75 Å². The third-order valence-electron chi connectivity index (χ3n) is 5.04. The number of fused-ring (bicyclic) bond motifs is 1. The SMILES string of the molecule is Cn1nccc1Nc1ccc2c(c1)C(=O)OC1(CCN(C(=O)OC(C)(C)C)CC1)O2. The predicted molar refractivity (Wildman–Crippen MR) is 109 cm³/mol. The van der Waals surface area contributed by atoms with Crippen molar-refractivity contribution in [3.05, 3.63) is 36.0 Å². The number of aryl methyl sites for hydroxylation is 1. The van der Waals surface area contributed by atoms with E-state index in [1.165, 1.54) is 0 Å². The maximum absolute atomic E-state index is 12.7. The average Bonchev–Trinajstić information content (AvgIpc) is 3.06. The second-order valence-electron chi connectivity index (χ2n) is 8.55. The summed E-state index contributed by atoms with van der Waals surface area (Å²) >= 11 is 0. The number of esters is 1. The topological polar surface area (TPSA) is 94.9 Å². The Morgan fingerprint density at radius 1 is 1.20 bits per heavy atom. The lowest BCUT2D eigenvalue weighted by Gasteiger charge is -2.43. The number of hydrogen-bond donors (Lipinski definition) is 1. The number of likely N-dealkylation sites (tertiary alicyclic amines) is 1. The lowest BCUT2D eigenvalue weighted by Crippen LogP contribution is -2.54. The van der Waals surface area contributed by atoms with E-state index >= 15 is 0 Å². The van der Waals surface area contributed by atoms with E-state index in [4.69, 9.17) is 14.2 Å². The van der Waals surface area contributed by atoms with E-state index in [0.29, 0.717) is 37.2 Å². The number of benzene rings is 1. The first-order chi connectivity index (χ1) is 14.1. The van der Waals surface area contributed by atoms with Crippen LogP contribution in [0.25, 0.3) is 0 Å². The molecule has 1 N–H and O–H groups in total. The number of rotatable bonds is 2. The van der Waals surface area contributed by atoms with Crippen LogP contribution in [0.1, 0.15) is 44.0 Å². The summed E-state index contributed by atoms with van der Waals surface area (Å²) in [6.45, 7) is 6.26. The molecule has 3 heterocycles. The zero-order chi connectivity index (χ0) is 21.5. The van der Waals surface area contributed by atoms with Crippen molar-refractivity contribution in [3.8, 4) is 5.75 Å². The van der Waals surface area contributed by atoms with Gasteiger partial charge < -0.3 is 24.4 Å². The fourth-order valence-corrected chi connectivity index (χ4v) is 3.51. The molecule has 0 aliphatic carbocycles. The van der Waals surface area contributed by atoms with Gasteiger partial charge in [0.15, 0.2) is 0 Å². The quantitative estimate of drug-likeness (QED) is 0.752. The summed E-state index contributed by atoms with van der Waals surface area (Å²) in [5.41, 5.74) is 0.538. The van der Waals surface area contributed by atoms with Gasteiger partial charge in [-0.15, -0.1) is 0 Å². The molecule has 9 nitrogen and oxygen atoms in total. The van der Waals surface area contributed by atoms with Gasteiger partial charge in [-0.3, -0.25) is 4.68 Å². The Bertz CT molecular complexity index is 970. The van der Waals surface area contributed by atoms with Crippen molar-refractivity contribution in [3.63, 3.8) is 0 Å². The van der Waals surface area contributed by atoms with Crippen molar-refractivity contribution < 1.29 is 23.8 Å². The standard InChI is InChI=1S/C21H26N4O5/c1-20(2,3)30-19(27)25-11-8-21(9-12-25)28-16-6-5-14(13-15(16)18(26)29-21)23-17-7-10-22-24(17)4/h5-7,10,13,23H,8-9,11-12H2,1-4H3. The summed E-state index contributed by atoms with van der Waals surface area (Å²) in [4.78, 5) is 26.6. The molecule has 2 aliphatic rings. The van der Waals surface area contributed by atoms with E-state index in [1.807, 2.05) is 40.0 Å². The van der Waals surface area contributed by atoms with E-state index in [-0.39, 0.29) is 6.09 Å². The molecule has 1 spiro atoms. The Hall–Kier alpha value is -3.23. The Labute approximate surface area is 174 Å². The van der Waals surface area contributed by atoms with Crippen LogP contribution in [-0.4, -0.2) is 51.2 Å². The molecule has 1 aromatic carbocycles. The number of aromatic nitrogens is 2. The summed E-state index contributed by atoms with van der Waals surface area (Å²) in [6.07, 6.45) is 2.08. The minimum Gasteiger partial charge on any atom is -0.451 e. The zero-order valence-electron chi connectivity index (χ0n) is 17.6. The first-order valence-electron chi connectivity index (χ1n) is 9.94. The summed E-state index contributed by atoms with van der Waals surface area (Å²) in [7, 11) is 1.82. The maximum atomic E-state index is 12.7. The molecular weight excluding hydrogens is 388 g/mol. The first-order valence-corrected chi connectivity index (χ1v) is 9.94. The molecule has 1 aromatic heterocycles. The molecule has 0 saturated carbocycles. The van der Waals surface area contributed by atoms with Crippen molar-refractivity contribution >= 4 is 23.6 Å². The normalized spacial score (nSPS) is 17.7. The summed E-state index contributed by atoms with van der Waals surface area (Å²) < 4.78 is 18.9. The molecule has 2 aliphatic heterocycles. The Morgan fingerprint density at radius 3 is 2.57 bits per heavy atom. The molecule has 0 bridgehead atoms. The molecule has 0 unspecified atom stereocenters. The molecule has 9 heteroatoms. The Balaban J connectivity index is 1.45. The maximum Gasteiger partial charge on any atom is 0.410 e. The van der Waals surface area contributed by atoms with Crippen LogP contribution < -0.4 is 10.1 Å². The molecule has 0 atom stereocenters. The summed E-state index contributed by atoms with van der Waals surface area (Å²) in [5.74, 6) is -0.214. The van der Waals surface area contributed by atoms with Gasteiger partial charge >= 0.3 is 12.1 Å². The van der Waals surface area contributed by atoms with Gasteiger partial charge in [-0.25, -0.2) is 9.59 Å². The highest BCUT2D eigenvalue weighted by atomic mass is 16.7. The van der Waals surface area contributed by atoms with Crippen molar-refractivity contribution in [2.75, 3.05) is 18.4 Å². The number of carbonyl (C=O) groups is 2. The number of hydrogen-bond acceptors (Lipinski definition) is 7. The van der Waals surface area contributed by atoms with Crippen molar-refractivity contribution in [1.29, 1.82) is 0 Å². The fraction of sp³-hybridized carbons (Fsp3) is 0.476. The molecule has 1 saturated heterocycles. The monoisotopic (exact) mass is 414 g/mol. The lowest BCUT2D eigenvalue weighted by atomic mass is 10.0. The Kier molecular flexibility index (Phi) is 4.83. The average molecular weight is 414 g/mol. The summed E-state index contributed by atoms with van der Waals surface area (Å²) in [5, 5.41) is 7.32. The van der Waals surface area contributed by atoms with Crippen LogP contribution >= 0.6 is 0 Å². The number of piperidine rings is 1. The Morgan fingerprint density at radius 2 is 1.93 bits per heavy atom. The second-order valence-corrected chi connectivity index (χ2v) is 8.55. The van der Waals surface area contributed by atoms with Gasteiger partial charge in [-0.2, -0.15) is 5.10 Å². The molecule has 1 fully saturated rings. The number of nitrogens with one attached hydrogen (secondary N) is 1.